The summed E-state index contributed by atoms with van der Waals surface area (Å²) in [5, 5.41) is 3.26. The molecule has 8 nitrogen and oxygen atoms in total. The smallest absolute Gasteiger partial charge is 0.263 e. The molecule has 1 aliphatic rings. The van der Waals surface area contributed by atoms with Crippen molar-refractivity contribution < 1.29 is 22.7 Å². The van der Waals surface area contributed by atoms with Crippen LogP contribution in [0.5, 0.6) is 5.75 Å². The van der Waals surface area contributed by atoms with Gasteiger partial charge in [0.2, 0.25) is 15.9 Å². The van der Waals surface area contributed by atoms with Crippen molar-refractivity contribution in [1.29, 1.82) is 0 Å². The van der Waals surface area contributed by atoms with E-state index in [0.29, 0.717) is 28.6 Å². The Balaban J connectivity index is 1.40. The van der Waals surface area contributed by atoms with E-state index in [2.05, 4.69) is 21.2 Å². The lowest BCUT2D eigenvalue weighted by Crippen LogP contribution is -2.52. The minimum absolute atomic E-state index is 0.0114. The Hall–Kier alpha value is -3.70. The van der Waals surface area contributed by atoms with Gasteiger partial charge in [-0.1, -0.05) is 82.1 Å². The topological polar surface area (TPSA) is 96.0 Å². The van der Waals surface area contributed by atoms with Gasteiger partial charge in [0.1, 0.15) is 5.75 Å². The maximum atomic E-state index is 13.9. The number of carbonyl (C=O) groups excluding carboxylic acids is 2. The molecule has 0 fully saturated rings. The fraction of sp³-hybridized carbons (Fsp3) is 0.161. The lowest BCUT2D eigenvalue weighted by atomic mass is 10.1. The lowest BCUT2D eigenvalue weighted by molar-refractivity contribution is -0.128. The van der Waals surface area contributed by atoms with Crippen molar-refractivity contribution in [3.63, 3.8) is 0 Å². The van der Waals surface area contributed by atoms with Crippen LogP contribution in [0.1, 0.15) is 11.1 Å². The highest BCUT2D eigenvalue weighted by atomic mass is 79.9. The Morgan fingerprint density at radius 1 is 0.905 bits per heavy atom. The average molecular weight is 669 g/mol. The number of nitrogens with one attached hydrogen (secondary N) is 1. The molecule has 4 aromatic carbocycles. The number of ether oxygens (including phenoxy) is 1. The molecular formula is C31H27BrClN3O5S. The maximum Gasteiger partial charge on any atom is 0.263 e. The molecule has 0 bridgehead atoms. The first kappa shape index (κ1) is 29.8. The van der Waals surface area contributed by atoms with Gasteiger partial charge in [-0.3, -0.25) is 9.59 Å². The Bertz CT molecular complexity index is 1670. The molecule has 1 N–H and O–H groups in total. The summed E-state index contributed by atoms with van der Waals surface area (Å²) in [6.45, 7) is -0.288. The van der Waals surface area contributed by atoms with Gasteiger partial charge < -0.3 is 15.0 Å². The number of sulfonamides is 1. The summed E-state index contributed by atoms with van der Waals surface area (Å²) in [5.74, 6) is -0.523. The first-order chi connectivity index (χ1) is 20.2. The highest BCUT2D eigenvalue weighted by Crippen LogP contribution is 2.34. The number of fused-ring (bicyclic) bond motifs is 1. The van der Waals surface area contributed by atoms with Crippen LogP contribution in [-0.4, -0.2) is 43.7 Å². The number of hydrogen-bond acceptors (Lipinski definition) is 5. The van der Waals surface area contributed by atoms with E-state index in [1.807, 2.05) is 30.3 Å². The summed E-state index contributed by atoms with van der Waals surface area (Å²) in [4.78, 5) is 28.4. The molecule has 1 aliphatic heterocycles. The molecule has 0 aliphatic carbocycles. The van der Waals surface area contributed by atoms with Crippen molar-refractivity contribution in [2.75, 3.05) is 18.0 Å². The molecule has 0 aromatic heterocycles. The third-order valence-corrected chi connectivity index (χ3v) is 9.30. The van der Waals surface area contributed by atoms with Gasteiger partial charge in [0.25, 0.3) is 5.91 Å². The van der Waals surface area contributed by atoms with Crippen LogP contribution in [0, 0.1) is 0 Å². The third kappa shape index (κ3) is 7.01. The maximum absolute atomic E-state index is 13.9. The van der Waals surface area contributed by atoms with Gasteiger partial charge >= 0.3 is 0 Å². The summed E-state index contributed by atoms with van der Waals surface area (Å²) in [5.41, 5.74) is 2.08. The zero-order valence-electron chi connectivity index (χ0n) is 22.3. The Morgan fingerprint density at radius 3 is 2.29 bits per heavy atom. The molecular weight excluding hydrogens is 642 g/mol. The summed E-state index contributed by atoms with van der Waals surface area (Å²) >= 11 is 9.39. The summed E-state index contributed by atoms with van der Waals surface area (Å²) in [7, 11) is -4.10. The number of nitrogens with zero attached hydrogens (tertiary/aromatic N) is 2. The van der Waals surface area contributed by atoms with Crippen LogP contribution in [0.4, 0.5) is 5.69 Å². The molecule has 11 heteroatoms. The first-order valence-corrected chi connectivity index (χ1v) is 15.7. The molecule has 0 radical (unpaired) electrons. The van der Waals surface area contributed by atoms with Crippen LogP contribution in [0.2, 0.25) is 5.02 Å². The molecule has 42 heavy (non-hydrogen) atoms. The molecule has 1 heterocycles. The van der Waals surface area contributed by atoms with Crippen molar-refractivity contribution in [1.82, 2.24) is 9.62 Å². The SMILES string of the molecule is O=C(NCc1ccccc1)C1CN(C(=O)CN(Cc2ccc(Br)cc2)S(=O)(=O)c2ccc(Cl)cc2)c2ccccc2O1. The fourth-order valence-electron chi connectivity index (χ4n) is 4.52. The largest absolute Gasteiger partial charge is 0.477 e. The van der Waals surface area contributed by atoms with Gasteiger partial charge in [-0.25, -0.2) is 8.42 Å². The first-order valence-electron chi connectivity index (χ1n) is 13.1. The Labute approximate surface area is 258 Å². The van der Waals surface area contributed by atoms with Crippen LogP contribution in [0.3, 0.4) is 0 Å². The molecule has 0 spiro atoms. The summed E-state index contributed by atoms with van der Waals surface area (Å²) in [6, 6.07) is 29.3. The summed E-state index contributed by atoms with van der Waals surface area (Å²) in [6.07, 6.45) is -0.986. The molecule has 0 saturated heterocycles. The van der Waals surface area contributed by atoms with Crippen molar-refractivity contribution >= 4 is 55.1 Å². The number of amides is 2. The van der Waals surface area contributed by atoms with Crippen molar-refractivity contribution in [2.45, 2.75) is 24.1 Å². The second-order valence-electron chi connectivity index (χ2n) is 9.64. The zero-order valence-corrected chi connectivity index (χ0v) is 25.5. The van der Waals surface area contributed by atoms with Gasteiger partial charge in [-0.15, -0.1) is 0 Å². The van der Waals surface area contributed by atoms with Crippen LogP contribution < -0.4 is 15.0 Å². The predicted octanol–water partition coefficient (Wildman–Crippen LogP) is 5.40. The highest BCUT2D eigenvalue weighted by Gasteiger charge is 2.36. The van der Waals surface area contributed by atoms with E-state index in [0.717, 1.165) is 14.3 Å². The molecule has 1 atom stereocenters. The van der Waals surface area contributed by atoms with Gasteiger partial charge in [0, 0.05) is 22.6 Å². The van der Waals surface area contributed by atoms with E-state index < -0.39 is 28.6 Å². The minimum Gasteiger partial charge on any atom is -0.477 e. The molecule has 4 aromatic rings. The van der Waals surface area contributed by atoms with E-state index in [9.17, 15) is 18.0 Å². The summed E-state index contributed by atoms with van der Waals surface area (Å²) < 4.78 is 35.5. The number of benzene rings is 4. The van der Waals surface area contributed by atoms with E-state index >= 15 is 0 Å². The Kier molecular flexibility index (Phi) is 9.27. The highest BCUT2D eigenvalue weighted by molar-refractivity contribution is 9.10. The monoisotopic (exact) mass is 667 g/mol. The number of carbonyl (C=O) groups is 2. The second kappa shape index (κ2) is 13.1. The van der Waals surface area contributed by atoms with E-state index in [4.69, 9.17) is 16.3 Å². The van der Waals surface area contributed by atoms with Crippen molar-refractivity contribution in [3.8, 4) is 5.75 Å². The lowest BCUT2D eigenvalue weighted by Gasteiger charge is -2.35. The average Bonchev–Trinajstić information content (AvgIpc) is 3.00. The normalized spacial score (nSPS) is 14.6. The second-order valence-corrected chi connectivity index (χ2v) is 12.9. The number of anilines is 1. The van der Waals surface area contributed by atoms with Gasteiger partial charge in [0.05, 0.1) is 23.7 Å². The van der Waals surface area contributed by atoms with E-state index in [-0.39, 0.29) is 23.9 Å². The number of hydrogen-bond donors (Lipinski definition) is 1. The van der Waals surface area contributed by atoms with Gasteiger partial charge in [-0.2, -0.15) is 4.31 Å². The molecule has 216 valence electrons. The van der Waals surface area contributed by atoms with Crippen molar-refractivity contribution in [2.24, 2.45) is 0 Å². The van der Waals surface area contributed by atoms with E-state index in [1.165, 1.54) is 29.2 Å². The van der Waals surface area contributed by atoms with Crippen LogP contribution in [0.15, 0.2) is 112 Å². The van der Waals surface area contributed by atoms with Gasteiger partial charge in [0.15, 0.2) is 6.10 Å². The molecule has 0 saturated carbocycles. The number of halogens is 2. The zero-order chi connectivity index (χ0) is 29.7. The van der Waals surface area contributed by atoms with Crippen molar-refractivity contribution in [3.05, 3.63) is 124 Å². The third-order valence-electron chi connectivity index (χ3n) is 6.71. The number of rotatable bonds is 9. The quantitative estimate of drug-likeness (QED) is 0.258. The molecule has 1 unspecified atom stereocenters. The van der Waals surface area contributed by atoms with Gasteiger partial charge in [-0.05, 0) is 59.7 Å². The van der Waals surface area contributed by atoms with Crippen LogP contribution in [0.25, 0.3) is 0 Å². The van der Waals surface area contributed by atoms with E-state index in [1.54, 1.807) is 48.5 Å². The predicted molar refractivity (Wildman–Crippen MR) is 165 cm³/mol. The van der Waals surface area contributed by atoms with Crippen LogP contribution >= 0.6 is 27.5 Å². The minimum atomic E-state index is -4.10. The molecule has 2 amide bonds. The fourth-order valence-corrected chi connectivity index (χ4v) is 6.29. The molecule has 5 rings (SSSR count). The van der Waals surface area contributed by atoms with Crippen LogP contribution in [-0.2, 0) is 32.7 Å². The standard InChI is InChI=1S/C31H27BrClN3O5S/c32-24-12-10-23(11-13-24)19-35(42(39,40)26-16-14-25(33)15-17-26)21-30(37)36-20-29(41-28-9-5-4-8-27(28)36)31(38)34-18-22-6-2-1-3-7-22/h1-17,29H,18-21H2,(H,34,38). The Morgan fingerprint density at radius 2 is 1.57 bits per heavy atom. The number of para-hydroxylation sites is 2.